The summed E-state index contributed by atoms with van der Waals surface area (Å²) < 4.78 is 25.8. The van der Waals surface area contributed by atoms with Gasteiger partial charge in [0.05, 0.1) is 6.54 Å². The quantitative estimate of drug-likeness (QED) is 0.882. The Hall–Kier alpha value is -2.05. The van der Waals surface area contributed by atoms with E-state index in [1.807, 2.05) is 0 Å². The summed E-state index contributed by atoms with van der Waals surface area (Å²) in [5.74, 6) is -2.86. The molecule has 0 fully saturated rings. The van der Waals surface area contributed by atoms with Gasteiger partial charge in [-0.05, 0) is 6.42 Å². The molecule has 2 rings (SSSR count). The largest absolute Gasteiger partial charge is 0.481 e. The first-order valence-electron chi connectivity index (χ1n) is 4.98. The van der Waals surface area contributed by atoms with E-state index in [1.165, 1.54) is 4.80 Å². The summed E-state index contributed by atoms with van der Waals surface area (Å²) in [5.41, 5.74) is 0.499. The van der Waals surface area contributed by atoms with E-state index in [1.54, 1.807) is 0 Å². The van der Waals surface area contributed by atoms with E-state index in [9.17, 15) is 13.6 Å². The number of aryl methyl sites for hydroxylation is 1. The van der Waals surface area contributed by atoms with E-state index in [2.05, 4.69) is 10.2 Å². The van der Waals surface area contributed by atoms with Gasteiger partial charge in [0.2, 0.25) is 0 Å². The van der Waals surface area contributed by atoms with Crippen molar-refractivity contribution in [1.29, 1.82) is 0 Å². The minimum absolute atomic E-state index is 0.000603. The van der Waals surface area contributed by atoms with Crippen molar-refractivity contribution in [2.75, 3.05) is 0 Å². The predicted molar refractivity (Wildman–Crippen MR) is 54.3 cm³/mol. The minimum Gasteiger partial charge on any atom is -0.481 e. The fraction of sp³-hybridized carbons (Fsp3) is 0.300. The zero-order chi connectivity index (χ0) is 12.4. The van der Waals surface area contributed by atoms with Crippen LogP contribution in [0.15, 0.2) is 12.1 Å². The van der Waals surface area contributed by atoms with E-state index in [0.717, 1.165) is 12.1 Å². The van der Waals surface area contributed by atoms with Gasteiger partial charge in [-0.2, -0.15) is 15.0 Å². The Morgan fingerprint density at radius 1 is 1.24 bits per heavy atom. The number of hydrogen-bond acceptors (Lipinski definition) is 3. The fourth-order valence-electron chi connectivity index (χ4n) is 1.43. The Morgan fingerprint density at radius 2 is 1.76 bits per heavy atom. The summed E-state index contributed by atoms with van der Waals surface area (Å²) in [5, 5.41) is 16.3. The first-order valence-corrected chi connectivity index (χ1v) is 4.98. The lowest BCUT2D eigenvalue weighted by atomic mass is 10.3. The third-order valence-corrected chi connectivity index (χ3v) is 2.21. The van der Waals surface area contributed by atoms with Crippen LogP contribution in [0.5, 0.6) is 0 Å². The lowest BCUT2D eigenvalue weighted by Crippen LogP contribution is -2.04. The fourth-order valence-corrected chi connectivity index (χ4v) is 1.43. The van der Waals surface area contributed by atoms with Gasteiger partial charge < -0.3 is 5.11 Å². The Morgan fingerprint density at radius 3 is 2.24 bits per heavy atom. The Labute approximate surface area is 94.7 Å². The van der Waals surface area contributed by atoms with Crippen LogP contribution in [-0.4, -0.2) is 26.1 Å². The van der Waals surface area contributed by atoms with Crippen molar-refractivity contribution in [1.82, 2.24) is 15.0 Å². The van der Waals surface area contributed by atoms with Crippen LogP contribution >= 0.6 is 0 Å². The molecule has 0 saturated carbocycles. The Balaban J connectivity index is 2.17. The molecule has 5 nitrogen and oxygen atoms in total. The molecule has 1 heterocycles. The van der Waals surface area contributed by atoms with Crippen LogP contribution in [0.25, 0.3) is 11.0 Å². The average Bonchev–Trinajstić information content (AvgIpc) is 2.60. The number of halogens is 2. The number of carboxylic acids is 1. The highest BCUT2D eigenvalue weighted by Crippen LogP contribution is 2.14. The number of fused-ring (bicyclic) bond motifs is 1. The van der Waals surface area contributed by atoms with Gasteiger partial charge in [0, 0.05) is 18.6 Å². The lowest BCUT2D eigenvalue weighted by molar-refractivity contribution is -0.137. The highest BCUT2D eigenvalue weighted by atomic mass is 19.2. The van der Waals surface area contributed by atoms with E-state index in [-0.39, 0.29) is 17.5 Å². The average molecular weight is 241 g/mol. The highest BCUT2D eigenvalue weighted by Gasteiger charge is 2.09. The second-order valence-corrected chi connectivity index (χ2v) is 3.55. The molecule has 2 aromatic rings. The molecule has 1 aromatic heterocycles. The molecule has 0 atom stereocenters. The molecule has 90 valence electrons. The van der Waals surface area contributed by atoms with Crippen molar-refractivity contribution in [2.45, 2.75) is 19.4 Å². The molecule has 0 aliphatic rings. The number of hydrogen-bond donors (Lipinski definition) is 1. The summed E-state index contributed by atoms with van der Waals surface area (Å²) in [6.45, 7) is 0.296. The van der Waals surface area contributed by atoms with Gasteiger partial charge >= 0.3 is 5.97 Å². The molecule has 0 spiro atoms. The van der Waals surface area contributed by atoms with Crippen molar-refractivity contribution in [2.24, 2.45) is 0 Å². The van der Waals surface area contributed by atoms with Gasteiger partial charge in [-0.1, -0.05) is 0 Å². The first-order chi connectivity index (χ1) is 8.06. The maximum absolute atomic E-state index is 12.9. The Bertz CT molecular complexity index is 529. The number of aliphatic carboxylic acids is 1. The maximum atomic E-state index is 12.9. The van der Waals surface area contributed by atoms with E-state index in [4.69, 9.17) is 5.11 Å². The van der Waals surface area contributed by atoms with Gasteiger partial charge in [0.25, 0.3) is 0 Å². The molecule has 0 unspecified atom stereocenters. The third kappa shape index (κ3) is 2.55. The zero-order valence-corrected chi connectivity index (χ0v) is 8.73. The smallest absolute Gasteiger partial charge is 0.303 e. The molecular weight excluding hydrogens is 232 g/mol. The molecular formula is C10H9F2N3O2. The Kier molecular flexibility index (Phi) is 2.99. The van der Waals surface area contributed by atoms with Crippen molar-refractivity contribution < 1.29 is 18.7 Å². The molecule has 0 bridgehead atoms. The second-order valence-electron chi connectivity index (χ2n) is 3.55. The van der Waals surface area contributed by atoms with Crippen molar-refractivity contribution in [3.8, 4) is 0 Å². The van der Waals surface area contributed by atoms with Crippen LogP contribution < -0.4 is 0 Å². The van der Waals surface area contributed by atoms with Gasteiger partial charge in [0.1, 0.15) is 11.0 Å². The summed E-state index contributed by atoms with van der Waals surface area (Å²) in [7, 11) is 0. The van der Waals surface area contributed by atoms with Gasteiger partial charge in [-0.15, -0.1) is 0 Å². The molecule has 17 heavy (non-hydrogen) atoms. The summed E-state index contributed by atoms with van der Waals surface area (Å²) >= 11 is 0. The topological polar surface area (TPSA) is 68.0 Å². The van der Waals surface area contributed by atoms with E-state index < -0.39 is 17.6 Å². The number of aromatic nitrogens is 3. The first kappa shape index (κ1) is 11.4. The van der Waals surface area contributed by atoms with Crippen molar-refractivity contribution in [3.05, 3.63) is 23.8 Å². The van der Waals surface area contributed by atoms with Gasteiger partial charge in [0.15, 0.2) is 11.6 Å². The highest BCUT2D eigenvalue weighted by molar-refractivity contribution is 5.73. The number of carboxylic acid groups (broad SMARTS) is 1. The molecule has 0 radical (unpaired) electrons. The van der Waals surface area contributed by atoms with Gasteiger partial charge in [-0.3, -0.25) is 4.79 Å². The summed E-state index contributed by atoms with van der Waals surface area (Å²) in [4.78, 5) is 11.5. The maximum Gasteiger partial charge on any atom is 0.303 e. The van der Waals surface area contributed by atoms with Crippen molar-refractivity contribution >= 4 is 17.0 Å². The monoisotopic (exact) mass is 241 g/mol. The van der Waals surface area contributed by atoms with Crippen molar-refractivity contribution in [3.63, 3.8) is 0 Å². The van der Waals surface area contributed by atoms with E-state index >= 15 is 0 Å². The SMILES string of the molecule is O=C(O)CCCn1nc2cc(F)c(F)cc2n1. The molecule has 1 N–H and O–H groups in total. The molecule has 0 saturated heterocycles. The van der Waals surface area contributed by atoms with Crippen LogP contribution in [-0.2, 0) is 11.3 Å². The zero-order valence-electron chi connectivity index (χ0n) is 8.73. The van der Waals surface area contributed by atoms with Crippen LogP contribution in [0, 0.1) is 11.6 Å². The molecule has 1 aromatic carbocycles. The van der Waals surface area contributed by atoms with Crippen LogP contribution in [0.1, 0.15) is 12.8 Å². The minimum atomic E-state index is -0.977. The van der Waals surface area contributed by atoms with E-state index in [0.29, 0.717) is 13.0 Å². The normalized spacial score (nSPS) is 10.9. The molecule has 0 aliphatic carbocycles. The van der Waals surface area contributed by atoms with Crippen LogP contribution in [0.2, 0.25) is 0 Å². The standard InChI is InChI=1S/C10H9F2N3O2/c11-6-4-8-9(5-7(6)12)14-15(13-8)3-1-2-10(16)17/h4-5H,1-3H2,(H,16,17). The molecule has 0 aliphatic heterocycles. The number of nitrogens with zero attached hydrogens (tertiary/aromatic N) is 3. The van der Waals surface area contributed by atoms with Crippen LogP contribution in [0.3, 0.4) is 0 Å². The molecule has 0 amide bonds. The molecule has 7 heteroatoms. The van der Waals surface area contributed by atoms with Gasteiger partial charge in [-0.25, -0.2) is 8.78 Å². The number of benzene rings is 1. The predicted octanol–water partition coefficient (Wildman–Crippen LogP) is 1.57. The third-order valence-electron chi connectivity index (χ3n) is 2.21. The summed E-state index contributed by atoms with van der Waals surface area (Å²) in [6, 6.07) is 1.93. The summed E-state index contributed by atoms with van der Waals surface area (Å²) in [6.07, 6.45) is 0.363. The number of carbonyl (C=O) groups is 1. The van der Waals surface area contributed by atoms with Crippen LogP contribution in [0.4, 0.5) is 8.78 Å². The number of rotatable bonds is 4. The lowest BCUT2D eigenvalue weighted by Gasteiger charge is -1.95. The second kappa shape index (κ2) is 4.44.